The van der Waals surface area contributed by atoms with E-state index in [1.54, 1.807) is 29.2 Å². The zero-order valence-electron chi connectivity index (χ0n) is 22.5. The van der Waals surface area contributed by atoms with Crippen LogP contribution in [0.25, 0.3) is 0 Å². The van der Waals surface area contributed by atoms with Crippen molar-refractivity contribution in [2.45, 2.75) is 70.7 Å². The lowest BCUT2D eigenvalue weighted by Gasteiger charge is -2.52. The van der Waals surface area contributed by atoms with Gasteiger partial charge in [-0.3, -0.25) is 14.5 Å². The molecule has 8 heteroatoms. The molecule has 202 valence electrons. The van der Waals surface area contributed by atoms with E-state index in [9.17, 15) is 14.7 Å². The monoisotopic (exact) mass is 518 g/mol. The Balaban J connectivity index is 1.39. The highest BCUT2D eigenvalue weighted by Gasteiger charge is 2.54. The second-order valence-electron chi connectivity index (χ2n) is 10.7. The Morgan fingerprint density at radius 1 is 1.08 bits per heavy atom. The molecule has 0 aliphatic carbocycles. The van der Waals surface area contributed by atoms with E-state index < -0.39 is 17.7 Å². The van der Waals surface area contributed by atoms with Gasteiger partial charge in [0.2, 0.25) is 11.8 Å². The van der Waals surface area contributed by atoms with Crippen LogP contribution in [-0.4, -0.2) is 64.0 Å². The zero-order chi connectivity index (χ0) is 27.3. The van der Waals surface area contributed by atoms with Crippen LogP contribution in [0.3, 0.4) is 0 Å². The molecular weight excluding hydrogens is 480 g/mol. The fourth-order valence-electron chi connectivity index (χ4n) is 5.33. The summed E-state index contributed by atoms with van der Waals surface area (Å²) >= 11 is 0. The number of aliphatic hydroxyl groups excluding tert-OH is 1. The molecule has 2 amide bonds. The quantitative estimate of drug-likeness (QED) is 0.523. The van der Waals surface area contributed by atoms with Crippen molar-refractivity contribution in [1.82, 2.24) is 15.1 Å². The summed E-state index contributed by atoms with van der Waals surface area (Å²) in [5.74, 6) is 0.966. The van der Waals surface area contributed by atoms with E-state index in [1.165, 1.54) is 0 Å². The summed E-state index contributed by atoms with van der Waals surface area (Å²) in [5.41, 5.74) is 0.877. The minimum atomic E-state index is -0.906. The van der Waals surface area contributed by atoms with E-state index in [0.717, 1.165) is 30.7 Å². The van der Waals surface area contributed by atoms with Gasteiger partial charge in [-0.25, -0.2) is 0 Å². The highest BCUT2D eigenvalue weighted by Crippen LogP contribution is 2.35. The molecule has 38 heavy (non-hydrogen) atoms. The van der Waals surface area contributed by atoms with Crippen molar-refractivity contribution >= 4 is 11.8 Å². The molecular formula is C30H38N4O4. The van der Waals surface area contributed by atoms with Gasteiger partial charge in [-0.1, -0.05) is 39.3 Å². The highest BCUT2D eigenvalue weighted by molar-refractivity contribution is 6.00. The third-order valence-corrected chi connectivity index (χ3v) is 7.75. The van der Waals surface area contributed by atoms with Gasteiger partial charge in [0.05, 0.1) is 17.7 Å². The van der Waals surface area contributed by atoms with E-state index in [0.29, 0.717) is 43.8 Å². The van der Waals surface area contributed by atoms with Crippen LogP contribution in [0.5, 0.6) is 11.5 Å². The van der Waals surface area contributed by atoms with E-state index in [4.69, 9.17) is 10.00 Å². The molecule has 2 aromatic carbocycles. The molecule has 0 saturated carbocycles. The van der Waals surface area contributed by atoms with Crippen molar-refractivity contribution < 1.29 is 19.4 Å². The molecule has 0 radical (unpaired) electrons. The topological polar surface area (TPSA) is 106 Å². The molecule has 2 aliphatic rings. The number of benzene rings is 2. The van der Waals surface area contributed by atoms with Crippen LogP contribution in [0.2, 0.25) is 0 Å². The average molecular weight is 519 g/mol. The van der Waals surface area contributed by atoms with Gasteiger partial charge in [-0.15, -0.1) is 0 Å². The number of piperidine rings is 1. The molecule has 2 aliphatic heterocycles. The Morgan fingerprint density at radius 2 is 1.68 bits per heavy atom. The van der Waals surface area contributed by atoms with Crippen molar-refractivity contribution in [3.05, 3.63) is 59.7 Å². The number of nitrogens with one attached hydrogen (secondary N) is 1. The summed E-state index contributed by atoms with van der Waals surface area (Å²) in [6.07, 6.45) is 1.98. The first-order valence-corrected chi connectivity index (χ1v) is 13.6. The Kier molecular flexibility index (Phi) is 8.70. The van der Waals surface area contributed by atoms with Gasteiger partial charge in [-0.2, -0.15) is 5.26 Å². The first-order chi connectivity index (χ1) is 18.3. The molecule has 2 N–H and O–H groups in total. The number of carbonyl (C=O) groups excluding carboxylic acids is 2. The number of unbranched alkanes of at least 4 members (excludes halogenated alkanes) is 1. The second-order valence-corrected chi connectivity index (χ2v) is 10.7. The number of piperazine rings is 1. The van der Waals surface area contributed by atoms with Gasteiger partial charge < -0.3 is 20.1 Å². The molecule has 2 heterocycles. The van der Waals surface area contributed by atoms with Gasteiger partial charge in [-0.05, 0) is 67.1 Å². The van der Waals surface area contributed by atoms with Gasteiger partial charge in [0, 0.05) is 26.2 Å². The van der Waals surface area contributed by atoms with E-state index in [1.807, 2.05) is 38.1 Å². The van der Waals surface area contributed by atoms with E-state index in [-0.39, 0.29) is 17.7 Å². The smallest absolute Gasteiger partial charge is 0.248 e. The van der Waals surface area contributed by atoms with Crippen LogP contribution in [0, 0.1) is 17.2 Å². The summed E-state index contributed by atoms with van der Waals surface area (Å²) in [5, 5.41) is 22.4. The molecule has 0 aromatic heterocycles. The molecule has 2 unspecified atom stereocenters. The van der Waals surface area contributed by atoms with Crippen molar-refractivity contribution in [2.24, 2.45) is 5.92 Å². The molecule has 2 aromatic rings. The van der Waals surface area contributed by atoms with Gasteiger partial charge in [0.15, 0.2) is 0 Å². The number of aliphatic hydroxyl groups is 1. The number of hydrogen-bond donors (Lipinski definition) is 2. The molecule has 2 fully saturated rings. The predicted molar refractivity (Wildman–Crippen MR) is 144 cm³/mol. The van der Waals surface area contributed by atoms with Gasteiger partial charge in [0.1, 0.15) is 23.1 Å². The van der Waals surface area contributed by atoms with Gasteiger partial charge in [0.25, 0.3) is 0 Å². The summed E-state index contributed by atoms with van der Waals surface area (Å²) < 4.78 is 5.88. The fourth-order valence-corrected chi connectivity index (χ4v) is 5.33. The standard InChI is InChI=1S/C30H38N4O4/c1-4-5-16-34-28(36)26(27(35)21(2)3)32-29(37)30(34)14-17-33(18-15-30)20-23-8-12-25(13-9-23)38-24-10-6-22(19-31)7-11-24/h6-13,21,26-27,35H,4-5,14-18,20H2,1-3H3,(H,32,37). The molecule has 2 saturated heterocycles. The second kappa shape index (κ2) is 12.0. The number of likely N-dealkylation sites (tertiary alicyclic amines) is 1. The minimum absolute atomic E-state index is 0.130. The summed E-state index contributed by atoms with van der Waals surface area (Å²) in [6.45, 7) is 8.46. The van der Waals surface area contributed by atoms with Crippen molar-refractivity contribution in [2.75, 3.05) is 19.6 Å². The number of nitrogens with zero attached hydrogens (tertiary/aromatic N) is 3. The maximum Gasteiger partial charge on any atom is 0.248 e. The van der Waals surface area contributed by atoms with E-state index in [2.05, 4.69) is 23.2 Å². The van der Waals surface area contributed by atoms with Gasteiger partial charge >= 0.3 is 0 Å². The number of carbonyl (C=O) groups is 2. The van der Waals surface area contributed by atoms with Crippen LogP contribution in [-0.2, 0) is 16.1 Å². The van der Waals surface area contributed by atoms with Crippen molar-refractivity contribution in [3.63, 3.8) is 0 Å². The van der Waals surface area contributed by atoms with Crippen LogP contribution in [0.1, 0.15) is 57.6 Å². The molecule has 2 atom stereocenters. The van der Waals surface area contributed by atoms with Crippen LogP contribution < -0.4 is 10.1 Å². The Hall–Kier alpha value is -3.41. The number of hydrogen-bond acceptors (Lipinski definition) is 6. The number of amides is 2. The van der Waals surface area contributed by atoms with Crippen LogP contribution in [0.4, 0.5) is 0 Å². The maximum absolute atomic E-state index is 13.5. The zero-order valence-corrected chi connectivity index (χ0v) is 22.5. The highest BCUT2D eigenvalue weighted by atomic mass is 16.5. The summed E-state index contributed by atoms with van der Waals surface area (Å²) in [7, 11) is 0. The lowest BCUT2D eigenvalue weighted by Crippen LogP contribution is -2.74. The molecule has 8 nitrogen and oxygen atoms in total. The van der Waals surface area contributed by atoms with Crippen LogP contribution >= 0.6 is 0 Å². The minimum Gasteiger partial charge on any atom is -0.457 e. The Morgan fingerprint density at radius 3 is 2.24 bits per heavy atom. The van der Waals surface area contributed by atoms with Crippen LogP contribution in [0.15, 0.2) is 48.5 Å². The third-order valence-electron chi connectivity index (χ3n) is 7.75. The maximum atomic E-state index is 13.5. The lowest BCUT2D eigenvalue weighted by molar-refractivity contribution is -0.165. The van der Waals surface area contributed by atoms with E-state index >= 15 is 0 Å². The number of nitriles is 1. The Bertz CT molecular complexity index is 1150. The average Bonchev–Trinajstić information content (AvgIpc) is 2.93. The molecule has 4 rings (SSSR count). The predicted octanol–water partition coefficient (Wildman–Crippen LogP) is 3.83. The first kappa shape index (κ1) is 27.6. The third kappa shape index (κ3) is 5.85. The lowest BCUT2D eigenvalue weighted by atomic mass is 9.80. The Labute approximate surface area is 225 Å². The largest absolute Gasteiger partial charge is 0.457 e. The first-order valence-electron chi connectivity index (χ1n) is 13.6. The SMILES string of the molecule is CCCCN1C(=O)C(C(O)C(C)C)NC(=O)C12CCN(Cc1ccc(Oc3ccc(C#N)cc3)cc1)CC2. The number of ether oxygens (including phenoxy) is 1. The number of rotatable bonds is 9. The summed E-state index contributed by atoms with van der Waals surface area (Å²) in [4.78, 5) is 31.0. The summed E-state index contributed by atoms with van der Waals surface area (Å²) in [6, 6.07) is 16.1. The van der Waals surface area contributed by atoms with Crippen molar-refractivity contribution in [3.8, 4) is 17.6 Å². The molecule has 1 spiro atoms. The normalized spacial score (nSPS) is 20.3. The van der Waals surface area contributed by atoms with Crippen molar-refractivity contribution in [1.29, 1.82) is 5.26 Å². The molecule has 0 bridgehead atoms. The fraction of sp³-hybridized carbons (Fsp3) is 0.500.